The summed E-state index contributed by atoms with van der Waals surface area (Å²) < 4.78 is 5.50. The summed E-state index contributed by atoms with van der Waals surface area (Å²) in [5.41, 5.74) is 2.53. The summed E-state index contributed by atoms with van der Waals surface area (Å²) in [6, 6.07) is 27.7. The highest BCUT2D eigenvalue weighted by molar-refractivity contribution is 6.16. The molecule has 0 aromatic heterocycles. The number of hydrogen-bond donors (Lipinski definition) is 1. The van der Waals surface area contributed by atoms with Gasteiger partial charge in [-0.1, -0.05) is 84.9 Å². The fraction of sp³-hybridized carbons (Fsp3) is 0.0400. The number of ether oxygens (including phenoxy) is 1. The molecule has 4 aromatic rings. The Morgan fingerprint density at radius 3 is 2.14 bits per heavy atom. The van der Waals surface area contributed by atoms with Gasteiger partial charge in [-0.25, -0.2) is 9.59 Å². The normalized spacial score (nSPS) is 10.6. The van der Waals surface area contributed by atoms with E-state index < -0.39 is 11.9 Å². The van der Waals surface area contributed by atoms with Crippen LogP contribution in [0.25, 0.3) is 21.9 Å². The maximum Gasteiger partial charge on any atom is 0.340 e. The second kappa shape index (κ2) is 7.98. The van der Waals surface area contributed by atoms with E-state index in [4.69, 9.17) is 4.74 Å². The number of benzene rings is 4. The van der Waals surface area contributed by atoms with Crippen LogP contribution in [0.15, 0.2) is 91.0 Å². The van der Waals surface area contributed by atoms with Crippen molar-refractivity contribution in [2.45, 2.75) is 6.61 Å². The molecule has 0 aliphatic rings. The van der Waals surface area contributed by atoms with Crippen LogP contribution in [-0.2, 0) is 11.3 Å². The standard InChI is InChI=1S/C25H18O4/c26-24(27)21-15-14-19-12-7-13-20(18-10-5-2-6-11-18)22(19)23(21)25(28)29-16-17-8-3-1-4-9-17/h1-15H,16H2,(H,26,27). The summed E-state index contributed by atoms with van der Waals surface area (Å²) in [6.45, 7) is 0.0720. The van der Waals surface area contributed by atoms with Gasteiger partial charge in [0, 0.05) is 5.39 Å². The number of aromatic carboxylic acids is 1. The Balaban J connectivity index is 1.87. The molecule has 0 amide bonds. The van der Waals surface area contributed by atoms with Crippen LogP contribution in [0.5, 0.6) is 0 Å². The third-order valence-corrected chi connectivity index (χ3v) is 4.78. The lowest BCUT2D eigenvalue weighted by atomic mass is 9.91. The second-order valence-electron chi connectivity index (χ2n) is 6.62. The van der Waals surface area contributed by atoms with E-state index in [9.17, 15) is 14.7 Å². The molecule has 0 spiro atoms. The third kappa shape index (κ3) is 3.73. The average molecular weight is 382 g/mol. The molecule has 0 saturated heterocycles. The van der Waals surface area contributed by atoms with E-state index in [1.807, 2.05) is 78.9 Å². The predicted octanol–water partition coefficient (Wildman–Crippen LogP) is 5.56. The lowest BCUT2D eigenvalue weighted by Gasteiger charge is -2.14. The van der Waals surface area contributed by atoms with Crippen LogP contribution in [0, 0.1) is 0 Å². The van der Waals surface area contributed by atoms with Crippen molar-refractivity contribution in [1.82, 2.24) is 0 Å². The fourth-order valence-corrected chi connectivity index (χ4v) is 3.42. The molecule has 0 atom stereocenters. The van der Waals surface area contributed by atoms with Crippen molar-refractivity contribution < 1.29 is 19.4 Å². The Morgan fingerprint density at radius 2 is 1.45 bits per heavy atom. The number of rotatable bonds is 5. The maximum absolute atomic E-state index is 13.1. The molecule has 4 heteroatoms. The molecule has 0 saturated carbocycles. The van der Waals surface area contributed by atoms with Crippen molar-refractivity contribution in [1.29, 1.82) is 0 Å². The zero-order chi connectivity index (χ0) is 20.2. The molecule has 0 aliphatic carbocycles. The molecule has 29 heavy (non-hydrogen) atoms. The molecule has 4 aromatic carbocycles. The molecular weight excluding hydrogens is 364 g/mol. The minimum absolute atomic E-state index is 0.0704. The van der Waals surface area contributed by atoms with Crippen LogP contribution >= 0.6 is 0 Å². The average Bonchev–Trinajstić information content (AvgIpc) is 2.77. The highest BCUT2D eigenvalue weighted by Gasteiger charge is 2.23. The molecule has 1 N–H and O–H groups in total. The number of carboxylic acids is 1. The van der Waals surface area contributed by atoms with Crippen LogP contribution in [0.2, 0.25) is 0 Å². The van der Waals surface area contributed by atoms with Gasteiger partial charge < -0.3 is 9.84 Å². The summed E-state index contributed by atoms with van der Waals surface area (Å²) in [6.07, 6.45) is 0. The summed E-state index contributed by atoms with van der Waals surface area (Å²) in [4.78, 5) is 24.9. The lowest BCUT2D eigenvalue weighted by Crippen LogP contribution is -2.13. The van der Waals surface area contributed by atoms with Crippen molar-refractivity contribution >= 4 is 22.7 Å². The first-order chi connectivity index (χ1) is 14.1. The van der Waals surface area contributed by atoms with E-state index in [2.05, 4.69) is 0 Å². The molecule has 0 unspecified atom stereocenters. The van der Waals surface area contributed by atoms with Crippen LogP contribution in [-0.4, -0.2) is 17.0 Å². The molecule has 0 bridgehead atoms. The summed E-state index contributed by atoms with van der Waals surface area (Å²) in [7, 11) is 0. The van der Waals surface area contributed by atoms with E-state index in [-0.39, 0.29) is 17.7 Å². The number of fused-ring (bicyclic) bond motifs is 1. The Hall–Kier alpha value is -3.92. The van der Waals surface area contributed by atoms with Crippen molar-refractivity contribution in [3.05, 3.63) is 108 Å². The first kappa shape index (κ1) is 18.4. The smallest absolute Gasteiger partial charge is 0.340 e. The van der Waals surface area contributed by atoms with E-state index >= 15 is 0 Å². The molecule has 0 heterocycles. The molecule has 0 fully saturated rings. The molecular formula is C25H18O4. The van der Waals surface area contributed by atoms with Crippen LogP contribution in [0.1, 0.15) is 26.3 Å². The largest absolute Gasteiger partial charge is 0.478 e. The number of carboxylic acid groups (broad SMARTS) is 1. The third-order valence-electron chi connectivity index (χ3n) is 4.78. The molecule has 0 aliphatic heterocycles. The SMILES string of the molecule is O=C(O)c1ccc2cccc(-c3ccccc3)c2c1C(=O)OCc1ccccc1. The lowest BCUT2D eigenvalue weighted by molar-refractivity contribution is 0.0466. The minimum atomic E-state index is -1.17. The van der Waals surface area contributed by atoms with Gasteiger partial charge in [-0.3, -0.25) is 0 Å². The monoisotopic (exact) mass is 382 g/mol. The van der Waals surface area contributed by atoms with E-state index in [0.717, 1.165) is 22.1 Å². The Kier molecular flexibility index (Phi) is 5.08. The van der Waals surface area contributed by atoms with E-state index in [1.54, 1.807) is 6.07 Å². The predicted molar refractivity (Wildman–Crippen MR) is 112 cm³/mol. The van der Waals surface area contributed by atoms with Crippen molar-refractivity contribution in [2.75, 3.05) is 0 Å². The van der Waals surface area contributed by atoms with Gasteiger partial charge in [-0.15, -0.1) is 0 Å². The Labute approximate surface area is 168 Å². The van der Waals surface area contributed by atoms with Crippen LogP contribution in [0.4, 0.5) is 0 Å². The van der Waals surface area contributed by atoms with Gasteiger partial charge in [0.2, 0.25) is 0 Å². The Morgan fingerprint density at radius 1 is 0.759 bits per heavy atom. The van der Waals surface area contributed by atoms with Gasteiger partial charge in [0.25, 0.3) is 0 Å². The van der Waals surface area contributed by atoms with Crippen LogP contribution < -0.4 is 0 Å². The number of carbonyl (C=O) groups excluding carboxylic acids is 1. The summed E-state index contributed by atoms with van der Waals surface area (Å²) >= 11 is 0. The van der Waals surface area contributed by atoms with Crippen molar-refractivity contribution in [2.24, 2.45) is 0 Å². The zero-order valence-corrected chi connectivity index (χ0v) is 15.5. The van der Waals surface area contributed by atoms with Crippen molar-refractivity contribution in [3.63, 3.8) is 0 Å². The molecule has 4 nitrogen and oxygen atoms in total. The summed E-state index contributed by atoms with van der Waals surface area (Å²) in [5.74, 6) is -1.82. The van der Waals surface area contributed by atoms with Gasteiger partial charge in [-0.05, 0) is 28.1 Å². The topological polar surface area (TPSA) is 63.6 Å². The van der Waals surface area contributed by atoms with E-state index in [1.165, 1.54) is 6.07 Å². The van der Waals surface area contributed by atoms with E-state index in [0.29, 0.717) is 5.39 Å². The number of carbonyl (C=O) groups is 2. The van der Waals surface area contributed by atoms with Gasteiger partial charge in [0.05, 0.1) is 11.1 Å². The second-order valence-corrected chi connectivity index (χ2v) is 6.62. The minimum Gasteiger partial charge on any atom is -0.478 e. The number of esters is 1. The van der Waals surface area contributed by atoms with Gasteiger partial charge in [0.1, 0.15) is 6.61 Å². The molecule has 142 valence electrons. The Bertz CT molecular complexity index is 1180. The quantitative estimate of drug-likeness (QED) is 0.459. The fourth-order valence-electron chi connectivity index (χ4n) is 3.42. The van der Waals surface area contributed by atoms with Gasteiger partial charge in [0.15, 0.2) is 0 Å². The van der Waals surface area contributed by atoms with Crippen LogP contribution in [0.3, 0.4) is 0 Å². The van der Waals surface area contributed by atoms with Gasteiger partial charge in [-0.2, -0.15) is 0 Å². The van der Waals surface area contributed by atoms with Crippen molar-refractivity contribution in [3.8, 4) is 11.1 Å². The highest BCUT2D eigenvalue weighted by Crippen LogP contribution is 2.33. The maximum atomic E-state index is 13.1. The zero-order valence-electron chi connectivity index (χ0n) is 15.5. The molecule has 0 radical (unpaired) electrons. The molecule has 4 rings (SSSR count). The summed E-state index contributed by atoms with van der Waals surface area (Å²) in [5, 5.41) is 11.1. The first-order valence-corrected chi connectivity index (χ1v) is 9.20. The number of hydrogen-bond acceptors (Lipinski definition) is 3. The first-order valence-electron chi connectivity index (χ1n) is 9.20. The van der Waals surface area contributed by atoms with Gasteiger partial charge >= 0.3 is 11.9 Å². The highest BCUT2D eigenvalue weighted by atomic mass is 16.5.